The fourth-order valence-corrected chi connectivity index (χ4v) is 1.69. The van der Waals surface area contributed by atoms with E-state index in [4.69, 9.17) is 4.74 Å². The Kier molecular flexibility index (Phi) is 4.58. The zero-order chi connectivity index (χ0) is 9.52. The topological polar surface area (TPSA) is 26.3 Å². The summed E-state index contributed by atoms with van der Waals surface area (Å²) in [5.41, 5.74) is 0. The first-order valence-electron chi connectivity index (χ1n) is 5.08. The third kappa shape index (κ3) is 4.71. The number of allylic oxidation sites excluding steroid dienone is 1. The minimum Gasteiger partial charge on any atom is -0.501 e. The second-order valence-corrected chi connectivity index (χ2v) is 3.75. The zero-order valence-electron chi connectivity index (χ0n) is 8.29. The molecule has 0 heterocycles. The summed E-state index contributed by atoms with van der Waals surface area (Å²) in [6.07, 6.45) is 9.62. The average Bonchev–Trinajstić information content (AvgIpc) is 2.14. The highest BCUT2D eigenvalue weighted by atomic mass is 16.5. The van der Waals surface area contributed by atoms with Crippen LogP contribution < -0.4 is 0 Å². The molecule has 74 valence electrons. The highest BCUT2D eigenvalue weighted by Gasteiger charge is 2.12. The molecule has 0 aromatic heterocycles. The minimum atomic E-state index is 0.0450. The van der Waals surface area contributed by atoms with Gasteiger partial charge in [-0.3, -0.25) is 4.79 Å². The van der Waals surface area contributed by atoms with Gasteiger partial charge >= 0.3 is 0 Å². The van der Waals surface area contributed by atoms with Crippen molar-refractivity contribution in [1.29, 1.82) is 0 Å². The molecule has 2 heteroatoms. The maximum Gasteiger partial charge on any atom is 0.155 e. The summed E-state index contributed by atoms with van der Waals surface area (Å²) < 4.78 is 5.28. The van der Waals surface area contributed by atoms with E-state index in [1.165, 1.54) is 51.4 Å². The molecular formula is C11H18O2. The average molecular weight is 182 g/mol. The maximum atomic E-state index is 10.5. The molecule has 0 aromatic rings. The summed E-state index contributed by atoms with van der Waals surface area (Å²) in [6, 6.07) is 0. The molecule has 0 aliphatic heterocycles. The molecule has 0 unspecified atom stereocenters. The van der Waals surface area contributed by atoms with Crippen LogP contribution >= 0.6 is 0 Å². The van der Waals surface area contributed by atoms with Gasteiger partial charge in [0.15, 0.2) is 5.78 Å². The Morgan fingerprint density at radius 3 is 2.69 bits per heavy atom. The predicted octanol–water partition coefficient (Wildman–Crippen LogP) is 2.69. The number of ether oxygens (including phenoxy) is 1. The first-order chi connectivity index (χ1) is 6.29. The number of ketones is 1. The van der Waals surface area contributed by atoms with Crippen molar-refractivity contribution in [1.82, 2.24) is 0 Å². The molecule has 1 aliphatic rings. The second-order valence-electron chi connectivity index (χ2n) is 3.75. The van der Waals surface area contributed by atoms with Gasteiger partial charge in [-0.05, 0) is 25.7 Å². The van der Waals surface area contributed by atoms with Crippen molar-refractivity contribution in [2.75, 3.05) is 6.61 Å². The normalized spacial score (nSPS) is 19.2. The molecule has 0 atom stereocenters. The van der Waals surface area contributed by atoms with Crippen LogP contribution in [-0.2, 0) is 9.53 Å². The van der Waals surface area contributed by atoms with Gasteiger partial charge in [-0.2, -0.15) is 0 Å². The molecule has 0 amide bonds. The SMILES string of the molecule is CC(=O)C=COCC1CCCCC1. The number of rotatable bonds is 4. The molecule has 1 aliphatic carbocycles. The van der Waals surface area contributed by atoms with E-state index in [0.717, 1.165) is 6.61 Å². The minimum absolute atomic E-state index is 0.0450. The van der Waals surface area contributed by atoms with Gasteiger partial charge in [0, 0.05) is 6.08 Å². The van der Waals surface area contributed by atoms with E-state index in [9.17, 15) is 4.79 Å². The molecule has 0 radical (unpaired) electrons. The first kappa shape index (κ1) is 10.3. The molecule has 13 heavy (non-hydrogen) atoms. The Morgan fingerprint density at radius 1 is 1.38 bits per heavy atom. The zero-order valence-corrected chi connectivity index (χ0v) is 8.29. The van der Waals surface area contributed by atoms with Crippen LogP contribution in [0, 0.1) is 5.92 Å². The predicted molar refractivity (Wildman–Crippen MR) is 52.3 cm³/mol. The molecule has 0 aromatic carbocycles. The van der Waals surface area contributed by atoms with E-state index >= 15 is 0 Å². The van der Waals surface area contributed by atoms with E-state index in [2.05, 4.69) is 0 Å². The Hall–Kier alpha value is -0.790. The Bertz CT molecular complexity index is 179. The lowest BCUT2D eigenvalue weighted by Crippen LogP contribution is -2.11. The molecule has 1 rings (SSSR count). The summed E-state index contributed by atoms with van der Waals surface area (Å²) in [5.74, 6) is 0.758. The number of carbonyl (C=O) groups excluding carboxylic acids is 1. The van der Waals surface area contributed by atoms with Gasteiger partial charge in [-0.15, -0.1) is 0 Å². The van der Waals surface area contributed by atoms with Gasteiger partial charge in [-0.25, -0.2) is 0 Å². The molecule has 0 N–H and O–H groups in total. The highest BCUT2D eigenvalue weighted by molar-refractivity contribution is 5.86. The van der Waals surface area contributed by atoms with Crippen molar-refractivity contribution in [2.45, 2.75) is 39.0 Å². The highest BCUT2D eigenvalue weighted by Crippen LogP contribution is 2.23. The number of carbonyl (C=O) groups is 1. The molecule has 1 fully saturated rings. The molecule has 2 nitrogen and oxygen atoms in total. The molecule has 0 bridgehead atoms. The fourth-order valence-electron chi connectivity index (χ4n) is 1.69. The van der Waals surface area contributed by atoms with E-state index < -0.39 is 0 Å². The van der Waals surface area contributed by atoms with Gasteiger partial charge in [0.05, 0.1) is 12.9 Å². The lowest BCUT2D eigenvalue weighted by molar-refractivity contribution is -0.112. The number of hydrogen-bond acceptors (Lipinski definition) is 2. The standard InChI is InChI=1S/C11H18O2/c1-10(12)7-8-13-9-11-5-3-2-4-6-11/h7-8,11H,2-6,9H2,1H3. The van der Waals surface area contributed by atoms with E-state index in [1.54, 1.807) is 0 Å². The second kappa shape index (κ2) is 5.79. The summed E-state index contributed by atoms with van der Waals surface area (Å²) in [5, 5.41) is 0. The van der Waals surface area contributed by atoms with Crippen LogP contribution in [0.2, 0.25) is 0 Å². The van der Waals surface area contributed by atoms with E-state index in [1.807, 2.05) is 0 Å². The lowest BCUT2D eigenvalue weighted by Gasteiger charge is -2.20. The largest absolute Gasteiger partial charge is 0.501 e. The number of hydrogen-bond donors (Lipinski definition) is 0. The van der Waals surface area contributed by atoms with Crippen LogP contribution in [0.15, 0.2) is 12.3 Å². The molecule has 0 spiro atoms. The van der Waals surface area contributed by atoms with Crippen molar-refractivity contribution in [3.8, 4) is 0 Å². The first-order valence-corrected chi connectivity index (χ1v) is 5.08. The molecular weight excluding hydrogens is 164 g/mol. The van der Waals surface area contributed by atoms with Crippen molar-refractivity contribution < 1.29 is 9.53 Å². The maximum absolute atomic E-state index is 10.5. The van der Waals surface area contributed by atoms with Crippen molar-refractivity contribution >= 4 is 5.78 Å². The Morgan fingerprint density at radius 2 is 2.08 bits per heavy atom. The third-order valence-corrected chi connectivity index (χ3v) is 2.46. The van der Waals surface area contributed by atoms with Crippen molar-refractivity contribution in [2.24, 2.45) is 5.92 Å². The van der Waals surface area contributed by atoms with Gasteiger partial charge in [-0.1, -0.05) is 19.3 Å². The van der Waals surface area contributed by atoms with Gasteiger partial charge in [0.2, 0.25) is 0 Å². The van der Waals surface area contributed by atoms with Crippen LogP contribution in [0.1, 0.15) is 39.0 Å². The monoisotopic (exact) mass is 182 g/mol. The summed E-state index contributed by atoms with van der Waals surface area (Å²) in [7, 11) is 0. The summed E-state index contributed by atoms with van der Waals surface area (Å²) in [6.45, 7) is 2.31. The Balaban J connectivity index is 2.07. The van der Waals surface area contributed by atoms with Crippen LogP contribution in [0.5, 0.6) is 0 Å². The van der Waals surface area contributed by atoms with Crippen LogP contribution in [0.4, 0.5) is 0 Å². The van der Waals surface area contributed by atoms with E-state index in [0.29, 0.717) is 5.92 Å². The smallest absolute Gasteiger partial charge is 0.155 e. The van der Waals surface area contributed by atoms with Gasteiger partial charge < -0.3 is 4.74 Å². The van der Waals surface area contributed by atoms with Crippen molar-refractivity contribution in [3.63, 3.8) is 0 Å². The van der Waals surface area contributed by atoms with Gasteiger partial charge in [0.1, 0.15) is 0 Å². The van der Waals surface area contributed by atoms with Crippen molar-refractivity contribution in [3.05, 3.63) is 12.3 Å². The molecule has 0 saturated heterocycles. The molecule has 1 saturated carbocycles. The Labute approximate surface area is 80.0 Å². The summed E-state index contributed by atoms with van der Waals surface area (Å²) in [4.78, 5) is 10.5. The quantitative estimate of drug-likeness (QED) is 0.493. The fraction of sp³-hybridized carbons (Fsp3) is 0.727. The van der Waals surface area contributed by atoms with Crippen LogP contribution in [0.3, 0.4) is 0 Å². The van der Waals surface area contributed by atoms with Crippen LogP contribution in [-0.4, -0.2) is 12.4 Å². The van der Waals surface area contributed by atoms with Crippen LogP contribution in [0.25, 0.3) is 0 Å². The summed E-state index contributed by atoms with van der Waals surface area (Å²) >= 11 is 0. The van der Waals surface area contributed by atoms with Gasteiger partial charge in [0.25, 0.3) is 0 Å². The van der Waals surface area contributed by atoms with E-state index in [-0.39, 0.29) is 5.78 Å². The third-order valence-electron chi connectivity index (χ3n) is 2.46. The lowest BCUT2D eigenvalue weighted by atomic mass is 9.90.